The average Bonchev–Trinajstić information content (AvgIpc) is 3.32. The quantitative estimate of drug-likeness (QED) is 0.325. The molecule has 6 heteroatoms. The maximum atomic E-state index is 11.4. The molecular weight excluding hydrogens is 430 g/mol. The Kier molecular flexibility index (Phi) is 6.68. The fraction of sp³-hybridized carbons (Fsp3) is 0.214. The Morgan fingerprint density at radius 2 is 1.41 bits per heavy atom. The molecule has 6 nitrogen and oxygen atoms in total. The summed E-state index contributed by atoms with van der Waals surface area (Å²) in [7, 11) is 0. The van der Waals surface area contributed by atoms with Crippen molar-refractivity contribution in [2.75, 3.05) is 0 Å². The van der Waals surface area contributed by atoms with E-state index in [1.807, 2.05) is 72.8 Å². The third-order valence-electron chi connectivity index (χ3n) is 5.36. The van der Waals surface area contributed by atoms with E-state index in [0.717, 1.165) is 16.7 Å². The average molecular weight is 458 g/mol. The highest BCUT2D eigenvalue weighted by molar-refractivity contribution is 5.87. The summed E-state index contributed by atoms with van der Waals surface area (Å²) in [6.45, 7) is 7.02. The van der Waals surface area contributed by atoms with Gasteiger partial charge in [0.1, 0.15) is 24.7 Å². The Balaban J connectivity index is 1.76. The van der Waals surface area contributed by atoms with Crippen molar-refractivity contribution in [3.63, 3.8) is 0 Å². The Morgan fingerprint density at radius 3 is 1.91 bits per heavy atom. The molecule has 0 atom stereocenters. The van der Waals surface area contributed by atoms with Crippen LogP contribution >= 0.6 is 0 Å². The molecule has 0 fully saturated rings. The third kappa shape index (κ3) is 5.46. The lowest BCUT2D eigenvalue weighted by Gasteiger charge is -2.25. The number of nitrogens with zero attached hydrogens (tertiary/aromatic N) is 1. The number of carboxylic acids is 1. The predicted molar refractivity (Wildman–Crippen MR) is 129 cm³/mol. The summed E-state index contributed by atoms with van der Waals surface area (Å²) in [6.07, 6.45) is 0. The second-order valence-corrected chi connectivity index (χ2v) is 9.02. The number of ether oxygens (including phenoxy) is 2. The smallest absolute Gasteiger partial charge is 0.358 e. The van der Waals surface area contributed by atoms with Crippen LogP contribution in [0, 0.1) is 0 Å². The number of hydrogen-bond donors (Lipinski definition) is 1. The summed E-state index contributed by atoms with van der Waals surface area (Å²) in [5.41, 5.74) is 3.20. The molecule has 34 heavy (non-hydrogen) atoms. The van der Waals surface area contributed by atoms with Crippen LogP contribution in [-0.2, 0) is 18.6 Å². The number of aromatic carboxylic acids is 1. The molecule has 174 valence electrons. The third-order valence-corrected chi connectivity index (χ3v) is 5.36. The van der Waals surface area contributed by atoms with Crippen LogP contribution in [0.5, 0.6) is 11.5 Å². The molecule has 0 saturated carbocycles. The van der Waals surface area contributed by atoms with Crippen molar-refractivity contribution in [3.8, 4) is 22.8 Å². The summed E-state index contributed by atoms with van der Waals surface area (Å²) in [4.78, 5) is 11.4. The highest BCUT2D eigenvalue weighted by Gasteiger charge is 2.25. The van der Waals surface area contributed by atoms with Gasteiger partial charge in [-0.25, -0.2) is 4.79 Å². The zero-order valence-corrected chi connectivity index (χ0v) is 19.4. The van der Waals surface area contributed by atoms with Gasteiger partial charge in [-0.3, -0.25) is 0 Å². The van der Waals surface area contributed by atoms with E-state index in [2.05, 4.69) is 25.9 Å². The Hall–Kier alpha value is -4.06. The van der Waals surface area contributed by atoms with Crippen LogP contribution < -0.4 is 9.47 Å². The maximum absolute atomic E-state index is 11.4. The lowest BCUT2D eigenvalue weighted by molar-refractivity contribution is 0.0686. The number of hydrogen-bond acceptors (Lipinski definition) is 5. The first-order valence-electron chi connectivity index (χ1n) is 11.0. The highest BCUT2D eigenvalue weighted by atomic mass is 16.5. The number of carbonyl (C=O) groups is 1. The molecule has 3 aromatic carbocycles. The van der Waals surface area contributed by atoms with Gasteiger partial charge in [-0.2, -0.15) is 0 Å². The minimum Gasteiger partial charge on any atom is -0.488 e. The first-order chi connectivity index (χ1) is 16.3. The molecule has 0 saturated heterocycles. The number of aromatic nitrogens is 1. The Bertz CT molecular complexity index is 1260. The van der Waals surface area contributed by atoms with E-state index in [4.69, 9.17) is 14.0 Å². The van der Waals surface area contributed by atoms with Crippen LogP contribution in [0.1, 0.15) is 48.0 Å². The molecule has 0 aliphatic carbocycles. The number of rotatable bonds is 8. The molecule has 0 spiro atoms. The van der Waals surface area contributed by atoms with Gasteiger partial charge in [0.25, 0.3) is 0 Å². The molecular formula is C28H27NO5. The Morgan fingerprint density at radius 1 is 0.853 bits per heavy atom. The van der Waals surface area contributed by atoms with E-state index in [-0.39, 0.29) is 11.1 Å². The molecule has 0 unspecified atom stereocenters. The van der Waals surface area contributed by atoms with E-state index in [1.165, 1.54) is 6.07 Å². The summed E-state index contributed by atoms with van der Waals surface area (Å²) >= 11 is 0. The summed E-state index contributed by atoms with van der Waals surface area (Å²) in [6, 6.07) is 25.0. The topological polar surface area (TPSA) is 81.8 Å². The van der Waals surface area contributed by atoms with E-state index < -0.39 is 5.97 Å². The Labute approximate surface area is 198 Å². The van der Waals surface area contributed by atoms with Crippen LogP contribution in [0.2, 0.25) is 0 Å². The normalized spacial score (nSPS) is 11.3. The predicted octanol–water partition coefficient (Wildman–Crippen LogP) is 6.50. The minimum absolute atomic E-state index is 0.161. The van der Waals surface area contributed by atoms with Crippen molar-refractivity contribution < 1.29 is 23.9 Å². The standard InChI is InChI=1S/C28H27NO5/c1-28(2,3)22-14-21(25-15-23(27(30)31)29-34-25)24(32-17-19-10-6-4-7-11-19)16-26(22)33-18-20-12-8-5-9-13-20/h4-16H,17-18H2,1-3H3,(H,30,31). The summed E-state index contributed by atoms with van der Waals surface area (Å²) < 4.78 is 17.8. The fourth-order valence-electron chi connectivity index (χ4n) is 3.55. The van der Waals surface area contributed by atoms with Gasteiger partial charge in [-0.15, -0.1) is 0 Å². The first kappa shape index (κ1) is 23.1. The largest absolute Gasteiger partial charge is 0.488 e. The molecule has 1 heterocycles. The van der Waals surface area contributed by atoms with Crippen LogP contribution in [-0.4, -0.2) is 16.2 Å². The van der Waals surface area contributed by atoms with Gasteiger partial charge in [-0.05, 0) is 22.6 Å². The molecule has 0 aliphatic rings. The van der Waals surface area contributed by atoms with E-state index in [0.29, 0.717) is 36.0 Å². The maximum Gasteiger partial charge on any atom is 0.358 e. The first-order valence-corrected chi connectivity index (χ1v) is 11.0. The van der Waals surface area contributed by atoms with E-state index in [9.17, 15) is 9.90 Å². The van der Waals surface area contributed by atoms with Crippen LogP contribution in [0.4, 0.5) is 0 Å². The van der Waals surface area contributed by atoms with Gasteiger partial charge in [0.2, 0.25) is 0 Å². The lowest BCUT2D eigenvalue weighted by atomic mass is 9.84. The second kappa shape index (κ2) is 9.83. The van der Waals surface area contributed by atoms with Gasteiger partial charge >= 0.3 is 5.97 Å². The number of carboxylic acid groups (broad SMARTS) is 1. The molecule has 4 aromatic rings. The molecule has 0 bridgehead atoms. The lowest BCUT2D eigenvalue weighted by Crippen LogP contribution is -2.14. The molecule has 1 N–H and O–H groups in total. The van der Waals surface area contributed by atoms with Gasteiger partial charge in [0.15, 0.2) is 11.5 Å². The molecule has 0 aliphatic heterocycles. The van der Waals surface area contributed by atoms with Crippen molar-refractivity contribution in [1.29, 1.82) is 0 Å². The van der Waals surface area contributed by atoms with Gasteiger partial charge in [-0.1, -0.05) is 86.6 Å². The SMILES string of the molecule is CC(C)(C)c1cc(-c2cc(C(=O)O)no2)c(OCc2ccccc2)cc1OCc1ccccc1. The van der Waals surface area contributed by atoms with Crippen molar-refractivity contribution >= 4 is 5.97 Å². The molecule has 1 aromatic heterocycles. The second-order valence-electron chi connectivity index (χ2n) is 9.02. The fourth-order valence-corrected chi connectivity index (χ4v) is 3.55. The summed E-state index contributed by atoms with van der Waals surface area (Å²) in [5.74, 6) is 0.385. The zero-order valence-electron chi connectivity index (χ0n) is 19.4. The zero-order chi connectivity index (χ0) is 24.1. The van der Waals surface area contributed by atoms with E-state index in [1.54, 1.807) is 0 Å². The van der Waals surface area contributed by atoms with Crippen molar-refractivity contribution in [2.45, 2.75) is 39.4 Å². The van der Waals surface area contributed by atoms with Crippen molar-refractivity contribution in [3.05, 3.63) is 101 Å². The van der Waals surface area contributed by atoms with Crippen LogP contribution in [0.3, 0.4) is 0 Å². The van der Waals surface area contributed by atoms with Crippen molar-refractivity contribution in [2.24, 2.45) is 0 Å². The molecule has 4 rings (SSSR count). The minimum atomic E-state index is -1.15. The van der Waals surface area contributed by atoms with Crippen LogP contribution in [0.15, 0.2) is 83.4 Å². The monoisotopic (exact) mass is 457 g/mol. The van der Waals surface area contributed by atoms with Gasteiger partial charge < -0.3 is 19.1 Å². The van der Waals surface area contributed by atoms with Crippen LogP contribution in [0.25, 0.3) is 11.3 Å². The molecule has 0 amide bonds. The van der Waals surface area contributed by atoms with Gasteiger partial charge in [0, 0.05) is 17.7 Å². The molecule has 0 radical (unpaired) electrons. The number of benzene rings is 3. The van der Waals surface area contributed by atoms with Crippen molar-refractivity contribution in [1.82, 2.24) is 5.16 Å². The van der Waals surface area contributed by atoms with Gasteiger partial charge in [0.05, 0.1) is 5.56 Å². The van der Waals surface area contributed by atoms with E-state index >= 15 is 0 Å². The highest BCUT2D eigenvalue weighted by Crippen LogP contribution is 2.42. The summed E-state index contributed by atoms with van der Waals surface area (Å²) in [5, 5.41) is 13.0.